The molecule has 0 N–H and O–H groups in total. The molecule has 1 saturated carbocycles. The third kappa shape index (κ3) is 1.98. The van der Waals surface area contributed by atoms with Gasteiger partial charge in [-0.15, -0.1) is 0 Å². The summed E-state index contributed by atoms with van der Waals surface area (Å²) in [5, 5.41) is 0. The molecule has 1 aliphatic carbocycles. The maximum absolute atomic E-state index is 5.48. The highest BCUT2D eigenvalue weighted by molar-refractivity contribution is 4.72. The molecule has 0 aliphatic heterocycles. The van der Waals surface area contributed by atoms with E-state index in [1.54, 1.807) is 0 Å². The number of hydrogen-bond donors (Lipinski definition) is 0. The molecule has 2 unspecified atom stereocenters. The van der Waals surface area contributed by atoms with Crippen LogP contribution in [0.1, 0.15) is 32.6 Å². The van der Waals surface area contributed by atoms with Crippen LogP contribution in [0.4, 0.5) is 0 Å². The summed E-state index contributed by atoms with van der Waals surface area (Å²) in [5.74, 6) is 0.760. The first kappa shape index (κ1) is 8.06. The van der Waals surface area contributed by atoms with Crippen molar-refractivity contribution >= 4 is 0 Å². The average molecular weight is 141 g/mol. The van der Waals surface area contributed by atoms with Gasteiger partial charge in [-0.1, -0.05) is 26.4 Å². The van der Waals surface area contributed by atoms with Gasteiger partial charge >= 0.3 is 0 Å². The van der Waals surface area contributed by atoms with Crippen molar-refractivity contribution in [1.29, 1.82) is 0 Å². The van der Waals surface area contributed by atoms with Crippen LogP contribution in [0.5, 0.6) is 0 Å². The molecule has 60 valence electrons. The minimum absolute atomic E-state index is 0.506. The van der Waals surface area contributed by atoms with Crippen molar-refractivity contribution in [3.63, 3.8) is 0 Å². The summed E-state index contributed by atoms with van der Waals surface area (Å²) < 4.78 is 5.48. The molecular formula is C9H17O-. The maximum atomic E-state index is 5.48. The van der Waals surface area contributed by atoms with E-state index in [9.17, 15) is 0 Å². The van der Waals surface area contributed by atoms with Gasteiger partial charge in [-0.3, -0.25) is 0 Å². The van der Waals surface area contributed by atoms with E-state index in [-0.39, 0.29) is 0 Å². The van der Waals surface area contributed by atoms with Crippen molar-refractivity contribution in [1.82, 2.24) is 0 Å². The molecule has 0 radical (unpaired) electrons. The summed E-state index contributed by atoms with van der Waals surface area (Å²) in [6.45, 7) is 6.60. The molecular weight excluding hydrogens is 124 g/mol. The molecule has 0 aromatic carbocycles. The van der Waals surface area contributed by atoms with Gasteiger partial charge in [-0.2, -0.15) is 0 Å². The van der Waals surface area contributed by atoms with Gasteiger partial charge in [0.1, 0.15) is 0 Å². The smallest absolute Gasteiger partial charge is 0.0565 e. The Kier molecular flexibility index (Phi) is 3.20. The van der Waals surface area contributed by atoms with Crippen molar-refractivity contribution in [2.75, 3.05) is 6.61 Å². The highest BCUT2D eigenvalue weighted by Gasteiger charge is 2.19. The number of ether oxygens (including phenoxy) is 1. The second-order valence-electron chi connectivity index (χ2n) is 3.17. The van der Waals surface area contributed by atoms with E-state index in [2.05, 4.69) is 13.8 Å². The lowest BCUT2D eigenvalue weighted by molar-refractivity contribution is 0.00949. The summed E-state index contributed by atoms with van der Waals surface area (Å²) in [6.07, 6.45) is 5.82. The van der Waals surface area contributed by atoms with Gasteiger partial charge in [-0.05, 0) is 18.8 Å². The van der Waals surface area contributed by atoms with E-state index >= 15 is 0 Å². The van der Waals surface area contributed by atoms with Gasteiger partial charge in [-0.25, -0.2) is 0 Å². The second kappa shape index (κ2) is 3.97. The van der Waals surface area contributed by atoms with E-state index < -0.39 is 0 Å². The number of rotatable bonds is 2. The molecule has 0 heterocycles. The predicted molar refractivity (Wildman–Crippen MR) is 42.7 cm³/mol. The lowest BCUT2D eigenvalue weighted by atomic mass is 9.88. The van der Waals surface area contributed by atoms with Crippen LogP contribution in [0.15, 0.2) is 0 Å². The minimum Gasteiger partial charge on any atom is -0.410 e. The number of hydrogen-bond acceptors (Lipinski definition) is 1. The van der Waals surface area contributed by atoms with Crippen LogP contribution in [0.2, 0.25) is 0 Å². The summed E-state index contributed by atoms with van der Waals surface area (Å²) in [7, 11) is 0. The van der Waals surface area contributed by atoms with E-state index in [0.717, 1.165) is 5.92 Å². The Balaban J connectivity index is 2.25. The first-order chi connectivity index (χ1) is 4.84. The molecule has 1 heteroatoms. The van der Waals surface area contributed by atoms with E-state index in [1.165, 1.54) is 25.7 Å². The Morgan fingerprint density at radius 2 is 2.10 bits per heavy atom. The fraction of sp³-hybridized carbons (Fsp3) is 0.889. The SMILES string of the molecule is [CH2-]COC1CCCCC1C. The lowest BCUT2D eigenvalue weighted by Gasteiger charge is -2.29. The topological polar surface area (TPSA) is 9.23 Å². The van der Waals surface area contributed by atoms with E-state index in [4.69, 9.17) is 4.74 Å². The van der Waals surface area contributed by atoms with Gasteiger partial charge in [0.25, 0.3) is 0 Å². The van der Waals surface area contributed by atoms with Crippen LogP contribution in [-0.2, 0) is 4.74 Å². The lowest BCUT2D eigenvalue weighted by Crippen LogP contribution is -2.25. The zero-order chi connectivity index (χ0) is 7.40. The van der Waals surface area contributed by atoms with Crippen molar-refractivity contribution in [2.45, 2.75) is 38.7 Å². The van der Waals surface area contributed by atoms with Gasteiger partial charge in [0.2, 0.25) is 0 Å². The van der Waals surface area contributed by atoms with Crippen LogP contribution in [-0.4, -0.2) is 12.7 Å². The Bertz CT molecular complexity index is 88.7. The minimum atomic E-state index is 0.506. The van der Waals surface area contributed by atoms with Crippen LogP contribution < -0.4 is 0 Å². The van der Waals surface area contributed by atoms with Crippen molar-refractivity contribution < 1.29 is 4.74 Å². The van der Waals surface area contributed by atoms with Gasteiger partial charge < -0.3 is 11.7 Å². The maximum Gasteiger partial charge on any atom is 0.0565 e. The highest BCUT2D eigenvalue weighted by atomic mass is 16.5. The van der Waals surface area contributed by atoms with Crippen molar-refractivity contribution in [3.8, 4) is 0 Å². The highest BCUT2D eigenvalue weighted by Crippen LogP contribution is 2.25. The Morgan fingerprint density at radius 3 is 2.70 bits per heavy atom. The van der Waals surface area contributed by atoms with Gasteiger partial charge in [0.15, 0.2) is 0 Å². The summed E-state index contributed by atoms with van der Waals surface area (Å²) in [6, 6.07) is 0. The summed E-state index contributed by atoms with van der Waals surface area (Å²) in [5.41, 5.74) is 0. The third-order valence-corrected chi connectivity index (χ3v) is 2.36. The fourth-order valence-electron chi connectivity index (χ4n) is 1.68. The quantitative estimate of drug-likeness (QED) is 0.537. The third-order valence-electron chi connectivity index (χ3n) is 2.36. The monoisotopic (exact) mass is 141 g/mol. The van der Waals surface area contributed by atoms with Gasteiger partial charge in [0.05, 0.1) is 6.10 Å². The Morgan fingerprint density at radius 1 is 1.40 bits per heavy atom. The van der Waals surface area contributed by atoms with Crippen LogP contribution in [0.3, 0.4) is 0 Å². The molecule has 0 spiro atoms. The Labute approximate surface area is 63.8 Å². The van der Waals surface area contributed by atoms with Crippen LogP contribution >= 0.6 is 0 Å². The van der Waals surface area contributed by atoms with Crippen LogP contribution in [0.25, 0.3) is 0 Å². The van der Waals surface area contributed by atoms with Crippen molar-refractivity contribution in [2.24, 2.45) is 5.92 Å². The first-order valence-corrected chi connectivity index (χ1v) is 4.25. The molecule has 2 atom stereocenters. The summed E-state index contributed by atoms with van der Waals surface area (Å²) >= 11 is 0. The van der Waals surface area contributed by atoms with Gasteiger partial charge in [0, 0.05) is 0 Å². The molecule has 0 amide bonds. The Hall–Kier alpha value is -0.0400. The first-order valence-electron chi connectivity index (χ1n) is 4.25. The summed E-state index contributed by atoms with van der Waals surface area (Å²) in [4.78, 5) is 0. The normalized spacial score (nSPS) is 34.2. The van der Waals surface area contributed by atoms with Crippen molar-refractivity contribution in [3.05, 3.63) is 6.92 Å². The zero-order valence-electron chi connectivity index (χ0n) is 6.81. The molecule has 1 fully saturated rings. The largest absolute Gasteiger partial charge is 0.410 e. The molecule has 0 saturated heterocycles. The fourth-order valence-corrected chi connectivity index (χ4v) is 1.68. The molecule has 0 bridgehead atoms. The molecule has 10 heavy (non-hydrogen) atoms. The molecule has 1 aliphatic rings. The molecule has 0 aromatic rings. The molecule has 0 aromatic heterocycles. The van der Waals surface area contributed by atoms with E-state index in [0.29, 0.717) is 12.7 Å². The van der Waals surface area contributed by atoms with E-state index in [1.807, 2.05) is 0 Å². The zero-order valence-corrected chi connectivity index (χ0v) is 6.81. The second-order valence-corrected chi connectivity index (χ2v) is 3.17. The van der Waals surface area contributed by atoms with Crippen LogP contribution in [0, 0.1) is 12.8 Å². The standard InChI is InChI=1S/C9H17O/c1-3-10-9-7-5-4-6-8(9)2/h8-9H,1,3-7H2,2H3/q-1. The molecule has 1 rings (SSSR count). The predicted octanol–water partition coefficient (Wildman–Crippen LogP) is 2.42. The molecule has 1 nitrogen and oxygen atoms in total. The average Bonchev–Trinajstić information content (AvgIpc) is 1.94.